The van der Waals surface area contributed by atoms with Gasteiger partial charge in [0.15, 0.2) is 11.5 Å². The first kappa shape index (κ1) is 17.8. The van der Waals surface area contributed by atoms with Crippen LogP contribution in [0.5, 0.6) is 11.5 Å². The molecular weight excluding hydrogens is 284 g/mol. The van der Waals surface area contributed by atoms with Gasteiger partial charge in [0.05, 0.1) is 20.1 Å². The number of carbonyl (C=O) groups excluding carboxylic acids is 2. The summed E-state index contributed by atoms with van der Waals surface area (Å²) < 4.78 is 10.7. The Morgan fingerprint density at radius 3 is 2.36 bits per heavy atom. The third-order valence-electron chi connectivity index (χ3n) is 2.93. The Labute approximate surface area is 131 Å². The minimum Gasteiger partial charge on any atom is -0.493 e. The predicted octanol–water partition coefficient (Wildman–Crippen LogP) is 1.35. The van der Waals surface area contributed by atoms with Gasteiger partial charge in [0.25, 0.3) is 0 Å². The molecule has 0 fully saturated rings. The quantitative estimate of drug-likeness (QED) is 0.675. The SMILES string of the molecule is COc1ccccc1OCCC(=O)NCCNC(=O)C(C)C. The highest BCUT2D eigenvalue weighted by molar-refractivity contribution is 5.78. The number of ether oxygens (including phenoxy) is 2. The molecule has 2 amide bonds. The van der Waals surface area contributed by atoms with Crippen molar-refractivity contribution in [3.8, 4) is 11.5 Å². The molecule has 0 atom stereocenters. The van der Waals surface area contributed by atoms with E-state index in [4.69, 9.17) is 9.47 Å². The van der Waals surface area contributed by atoms with Gasteiger partial charge >= 0.3 is 0 Å². The van der Waals surface area contributed by atoms with Gasteiger partial charge in [-0.15, -0.1) is 0 Å². The molecule has 0 aromatic heterocycles. The largest absolute Gasteiger partial charge is 0.493 e. The van der Waals surface area contributed by atoms with Gasteiger partial charge in [0.1, 0.15) is 0 Å². The smallest absolute Gasteiger partial charge is 0.223 e. The summed E-state index contributed by atoms with van der Waals surface area (Å²) in [5, 5.41) is 5.46. The summed E-state index contributed by atoms with van der Waals surface area (Å²) >= 11 is 0. The molecule has 2 N–H and O–H groups in total. The van der Waals surface area contributed by atoms with Crippen LogP contribution in [0.15, 0.2) is 24.3 Å². The standard InChI is InChI=1S/C16H24N2O4/c1-12(2)16(20)18-10-9-17-15(19)8-11-22-14-7-5-4-6-13(14)21-3/h4-7,12H,8-11H2,1-3H3,(H,17,19)(H,18,20). The van der Waals surface area contributed by atoms with Crippen molar-refractivity contribution in [2.45, 2.75) is 20.3 Å². The number of carbonyl (C=O) groups is 2. The lowest BCUT2D eigenvalue weighted by Crippen LogP contribution is -2.36. The number of amides is 2. The van der Waals surface area contributed by atoms with Gasteiger partial charge in [-0.2, -0.15) is 0 Å². The first-order valence-corrected chi connectivity index (χ1v) is 7.34. The van der Waals surface area contributed by atoms with Crippen molar-refractivity contribution in [1.82, 2.24) is 10.6 Å². The zero-order chi connectivity index (χ0) is 16.4. The molecule has 0 heterocycles. The van der Waals surface area contributed by atoms with Gasteiger partial charge in [-0.1, -0.05) is 26.0 Å². The fourth-order valence-corrected chi connectivity index (χ4v) is 1.67. The molecule has 0 spiro atoms. The molecule has 0 saturated carbocycles. The lowest BCUT2D eigenvalue weighted by molar-refractivity contribution is -0.124. The number of benzene rings is 1. The van der Waals surface area contributed by atoms with Gasteiger partial charge in [0, 0.05) is 19.0 Å². The van der Waals surface area contributed by atoms with Crippen molar-refractivity contribution in [3.05, 3.63) is 24.3 Å². The summed E-state index contributed by atoms with van der Waals surface area (Å²) in [6, 6.07) is 7.28. The first-order chi connectivity index (χ1) is 10.5. The van der Waals surface area contributed by atoms with Crippen LogP contribution in [0.4, 0.5) is 0 Å². The van der Waals surface area contributed by atoms with Crippen molar-refractivity contribution in [2.75, 3.05) is 26.8 Å². The summed E-state index contributed by atoms with van der Waals surface area (Å²) in [5.41, 5.74) is 0. The summed E-state index contributed by atoms with van der Waals surface area (Å²) in [6.07, 6.45) is 0.246. The number of rotatable bonds is 9. The van der Waals surface area contributed by atoms with E-state index < -0.39 is 0 Å². The van der Waals surface area contributed by atoms with Crippen molar-refractivity contribution < 1.29 is 19.1 Å². The number of hydrogen-bond acceptors (Lipinski definition) is 4. The molecule has 0 aliphatic carbocycles. The van der Waals surface area contributed by atoms with Crippen LogP contribution in [0.2, 0.25) is 0 Å². The molecule has 122 valence electrons. The van der Waals surface area contributed by atoms with E-state index in [2.05, 4.69) is 10.6 Å². The molecule has 0 aliphatic heterocycles. The number of nitrogens with one attached hydrogen (secondary N) is 2. The van der Waals surface area contributed by atoms with Crippen molar-refractivity contribution in [3.63, 3.8) is 0 Å². The fourth-order valence-electron chi connectivity index (χ4n) is 1.67. The fraction of sp³-hybridized carbons (Fsp3) is 0.500. The van der Waals surface area contributed by atoms with Crippen LogP contribution < -0.4 is 20.1 Å². The second-order valence-corrected chi connectivity index (χ2v) is 5.05. The highest BCUT2D eigenvalue weighted by Crippen LogP contribution is 2.25. The minimum absolute atomic E-state index is 0.0197. The summed E-state index contributed by atoms with van der Waals surface area (Å²) in [5.74, 6) is 1.06. The third kappa shape index (κ3) is 6.47. The monoisotopic (exact) mass is 308 g/mol. The van der Waals surface area contributed by atoms with Gasteiger partial charge < -0.3 is 20.1 Å². The molecule has 0 unspecified atom stereocenters. The molecule has 1 rings (SSSR count). The Morgan fingerprint density at radius 1 is 1.09 bits per heavy atom. The van der Waals surface area contributed by atoms with E-state index in [0.29, 0.717) is 24.6 Å². The van der Waals surface area contributed by atoms with Gasteiger partial charge in [0.2, 0.25) is 11.8 Å². The highest BCUT2D eigenvalue weighted by Gasteiger charge is 2.07. The van der Waals surface area contributed by atoms with Crippen molar-refractivity contribution in [1.29, 1.82) is 0 Å². The van der Waals surface area contributed by atoms with Crippen molar-refractivity contribution in [2.24, 2.45) is 5.92 Å². The number of methoxy groups -OCH3 is 1. The second-order valence-electron chi connectivity index (χ2n) is 5.05. The normalized spacial score (nSPS) is 10.2. The van der Waals surface area contributed by atoms with Gasteiger partial charge in [-0.25, -0.2) is 0 Å². The average Bonchev–Trinajstić information content (AvgIpc) is 2.51. The van der Waals surface area contributed by atoms with E-state index >= 15 is 0 Å². The zero-order valence-corrected chi connectivity index (χ0v) is 13.3. The van der Waals surface area contributed by atoms with Crippen LogP contribution >= 0.6 is 0 Å². The maximum absolute atomic E-state index is 11.6. The van der Waals surface area contributed by atoms with E-state index in [9.17, 15) is 9.59 Å². The Balaban J connectivity index is 2.17. The Morgan fingerprint density at radius 2 is 1.73 bits per heavy atom. The van der Waals surface area contributed by atoms with Crippen LogP contribution in [0.25, 0.3) is 0 Å². The van der Waals surface area contributed by atoms with E-state index in [1.165, 1.54) is 0 Å². The maximum Gasteiger partial charge on any atom is 0.223 e. The van der Waals surface area contributed by atoms with Crippen LogP contribution in [-0.2, 0) is 9.59 Å². The Bertz CT molecular complexity index is 489. The van der Waals surface area contributed by atoms with Gasteiger partial charge in [-0.3, -0.25) is 9.59 Å². The third-order valence-corrected chi connectivity index (χ3v) is 2.93. The van der Waals surface area contributed by atoms with Crippen LogP contribution in [0, 0.1) is 5.92 Å². The lowest BCUT2D eigenvalue weighted by atomic mass is 10.2. The lowest BCUT2D eigenvalue weighted by Gasteiger charge is -2.11. The maximum atomic E-state index is 11.6. The number of hydrogen-bond donors (Lipinski definition) is 2. The number of para-hydroxylation sites is 2. The Hall–Kier alpha value is -2.24. The first-order valence-electron chi connectivity index (χ1n) is 7.34. The van der Waals surface area contributed by atoms with E-state index in [1.807, 2.05) is 26.0 Å². The molecule has 6 nitrogen and oxygen atoms in total. The van der Waals surface area contributed by atoms with E-state index in [0.717, 1.165) is 0 Å². The molecular formula is C16H24N2O4. The molecule has 1 aromatic carbocycles. The topological polar surface area (TPSA) is 76.7 Å². The molecule has 1 aromatic rings. The predicted molar refractivity (Wildman–Crippen MR) is 84.0 cm³/mol. The molecule has 0 bridgehead atoms. The molecule has 0 aliphatic rings. The van der Waals surface area contributed by atoms with E-state index in [1.54, 1.807) is 19.2 Å². The van der Waals surface area contributed by atoms with Crippen LogP contribution in [-0.4, -0.2) is 38.6 Å². The molecule has 22 heavy (non-hydrogen) atoms. The highest BCUT2D eigenvalue weighted by atomic mass is 16.5. The zero-order valence-electron chi connectivity index (χ0n) is 13.3. The summed E-state index contributed by atoms with van der Waals surface area (Å²) in [6.45, 7) is 4.75. The van der Waals surface area contributed by atoms with Crippen molar-refractivity contribution >= 4 is 11.8 Å². The minimum atomic E-state index is -0.117. The molecule has 0 saturated heterocycles. The second kappa shape index (κ2) is 9.65. The van der Waals surface area contributed by atoms with E-state index in [-0.39, 0.29) is 30.8 Å². The summed E-state index contributed by atoms with van der Waals surface area (Å²) in [4.78, 5) is 23.0. The molecule has 6 heteroatoms. The Kier molecular flexibility index (Phi) is 7.81. The average molecular weight is 308 g/mol. The summed E-state index contributed by atoms with van der Waals surface area (Å²) in [7, 11) is 1.57. The van der Waals surface area contributed by atoms with Crippen LogP contribution in [0.1, 0.15) is 20.3 Å². The van der Waals surface area contributed by atoms with Gasteiger partial charge in [-0.05, 0) is 12.1 Å². The van der Waals surface area contributed by atoms with Crippen LogP contribution in [0.3, 0.4) is 0 Å². The molecule has 0 radical (unpaired) electrons.